The summed E-state index contributed by atoms with van der Waals surface area (Å²) in [5.41, 5.74) is 3.36. The maximum atomic E-state index is 14.3. The lowest BCUT2D eigenvalue weighted by molar-refractivity contribution is -0.142. The number of hydrogen-bond donors (Lipinski definition) is 1. The molecule has 0 spiro atoms. The predicted octanol–water partition coefficient (Wildman–Crippen LogP) is 3.64. The van der Waals surface area contributed by atoms with E-state index in [0.29, 0.717) is 29.9 Å². The predicted molar refractivity (Wildman–Crippen MR) is 101 cm³/mol. The summed E-state index contributed by atoms with van der Waals surface area (Å²) in [5.74, 6) is -0.127. The monoisotopic (exact) mass is 387 g/mol. The minimum absolute atomic E-state index is 0.117. The molecule has 6 nitrogen and oxygen atoms in total. The number of carbonyl (C=O) groups excluding carboxylic acids is 1. The fourth-order valence-electron chi connectivity index (χ4n) is 3.49. The molecule has 1 aliphatic heterocycles. The summed E-state index contributed by atoms with van der Waals surface area (Å²) >= 11 is 0. The number of halogens is 1. The first kappa shape index (κ1) is 19.7. The van der Waals surface area contributed by atoms with Gasteiger partial charge < -0.3 is 19.5 Å². The van der Waals surface area contributed by atoms with Crippen LogP contribution in [0.25, 0.3) is 11.1 Å². The smallest absolute Gasteiger partial charge is 0.407 e. The first-order chi connectivity index (χ1) is 13.4. The molecule has 0 radical (unpaired) electrons. The van der Waals surface area contributed by atoms with Gasteiger partial charge in [0.25, 0.3) is 0 Å². The van der Waals surface area contributed by atoms with Gasteiger partial charge in [0, 0.05) is 18.7 Å². The number of ether oxygens (including phenoxy) is 2. The number of nitrogens with zero attached hydrogens (tertiary/aromatic N) is 1. The van der Waals surface area contributed by atoms with Crippen molar-refractivity contribution in [3.63, 3.8) is 0 Å². The number of rotatable bonds is 5. The summed E-state index contributed by atoms with van der Waals surface area (Å²) in [6, 6.07) is 8.39. The zero-order chi connectivity index (χ0) is 20.3. The summed E-state index contributed by atoms with van der Waals surface area (Å²) < 4.78 is 24.8. The molecule has 1 aliphatic rings. The summed E-state index contributed by atoms with van der Waals surface area (Å²) in [4.78, 5) is 24.4. The van der Waals surface area contributed by atoms with Crippen LogP contribution in [-0.2, 0) is 28.9 Å². The van der Waals surface area contributed by atoms with Crippen LogP contribution in [0.4, 0.5) is 9.18 Å². The minimum Gasteiger partial charge on any atom is -0.496 e. The van der Waals surface area contributed by atoms with Crippen LogP contribution in [0.15, 0.2) is 30.3 Å². The molecule has 0 atom stereocenters. The minimum atomic E-state index is -1.03. The number of fused-ring (bicyclic) bond motifs is 1. The molecule has 2 aromatic carbocycles. The van der Waals surface area contributed by atoms with Crippen molar-refractivity contribution in [2.24, 2.45) is 0 Å². The second-order valence-corrected chi connectivity index (χ2v) is 6.52. The summed E-state index contributed by atoms with van der Waals surface area (Å²) in [7, 11) is 1.52. The zero-order valence-electron chi connectivity index (χ0n) is 15.8. The molecule has 1 heterocycles. The van der Waals surface area contributed by atoms with E-state index in [4.69, 9.17) is 9.47 Å². The van der Waals surface area contributed by atoms with E-state index in [1.54, 1.807) is 31.2 Å². The normalized spacial score (nSPS) is 13.0. The van der Waals surface area contributed by atoms with Crippen molar-refractivity contribution in [2.75, 3.05) is 20.3 Å². The molecule has 0 aromatic heterocycles. The molecule has 0 saturated carbocycles. The molecule has 1 amide bonds. The van der Waals surface area contributed by atoms with Crippen molar-refractivity contribution in [3.05, 3.63) is 52.8 Å². The van der Waals surface area contributed by atoms with Gasteiger partial charge in [0.15, 0.2) is 0 Å². The third-order valence-electron chi connectivity index (χ3n) is 4.84. The Morgan fingerprint density at radius 3 is 2.61 bits per heavy atom. The van der Waals surface area contributed by atoms with Gasteiger partial charge in [-0.15, -0.1) is 0 Å². The SMILES string of the molecule is CCOC(=O)Cc1ccc(-c2ccc(F)c3c2CN(C(=O)O)CC3)c(OC)c1. The molecular weight excluding hydrogens is 365 g/mol. The molecule has 0 unspecified atom stereocenters. The highest BCUT2D eigenvalue weighted by atomic mass is 19.1. The lowest BCUT2D eigenvalue weighted by Gasteiger charge is -2.29. The molecule has 148 valence electrons. The fraction of sp³-hybridized carbons (Fsp3) is 0.333. The Morgan fingerprint density at radius 2 is 1.93 bits per heavy atom. The van der Waals surface area contributed by atoms with Crippen LogP contribution < -0.4 is 4.74 Å². The highest BCUT2D eigenvalue weighted by Gasteiger charge is 2.26. The summed E-state index contributed by atoms with van der Waals surface area (Å²) in [5, 5.41) is 9.32. The first-order valence-electron chi connectivity index (χ1n) is 9.05. The standard InChI is InChI=1S/C21H22FNO5/c1-3-28-20(24)11-13-4-5-16(19(10-13)27-2)14-6-7-18(22)15-8-9-23(21(25)26)12-17(14)15/h4-7,10H,3,8-9,11-12H2,1-2H3,(H,25,26). The van der Waals surface area contributed by atoms with Crippen LogP contribution in [-0.4, -0.2) is 42.3 Å². The van der Waals surface area contributed by atoms with E-state index in [-0.39, 0.29) is 31.3 Å². The highest BCUT2D eigenvalue weighted by molar-refractivity contribution is 5.78. The molecule has 0 saturated heterocycles. The van der Waals surface area contributed by atoms with Crippen LogP contribution in [0.3, 0.4) is 0 Å². The average Bonchev–Trinajstić information content (AvgIpc) is 2.68. The van der Waals surface area contributed by atoms with Crippen molar-refractivity contribution in [1.82, 2.24) is 4.90 Å². The number of carboxylic acid groups (broad SMARTS) is 1. The van der Waals surface area contributed by atoms with E-state index in [0.717, 1.165) is 16.7 Å². The molecule has 2 aromatic rings. The Kier molecular flexibility index (Phi) is 5.82. The van der Waals surface area contributed by atoms with E-state index >= 15 is 0 Å². The van der Waals surface area contributed by atoms with Crippen molar-refractivity contribution in [1.29, 1.82) is 0 Å². The number of amides is 1. The van der Waals surface area contributed by atoms with E-state index in [1.807, 2.05) is 0 Å². The van der Waals surface area contributed by atoms with E-state index in [2.05, 4.69) is 0 Å². The number of hydrogen-bond acceptors (Lipinski definition) is 4. The topological polar surface area (TPSA) is 76.1 Å². The maximum Gasteiger partial charge on any atom is 0.407 e. The summed E-state index contributed by atoms with van der Waals surface area (Å²) in [6.45, 7) is 2.44. The molecule has 0 fully saturated rings. The van der Waals surface area contributed by atoms with Crippen LogP contribution >= 0.6 is 0 Å². The first-order valence-corrected chi connectivity index (χ1v) is 9.05. The lowest BCUT2D eigenvalue weighted by atomic mass is 9.90. The van der Waals surface area contributed by atoms with Gasteiger partial charge >= 0.3 is 12.1 Å². The van der Waals surface area contributed by atoms with Crippen LogP contribution in [0.2, 0.25) is 0 Å². The maximum absolute atomic E-state index is 14.3. The molecular formula is C21H22FNO5. The van der Waals surface area contributed by atoms with Gasteiger partial charge in [-0.3, -0.25) is 4.79 Å². The van der Waals surface area contributed by atoms with Gasteiger partial charge in [-0.1, -0.05) is 18.2 Å². The van der Waals surface area contributed by atoms with Gasteiger partial charge in [-0.25, -0.2) is 9.18 Å². The zero-order valence-corrected chi connectivity index (χ0v) is 15.8. The Morgan fingerprint density at radius 1 is 1.18 bits per heavy atom. The molecule has 3 rings (SSSR count). The third-order valence-corrected chi connectivity index (χ3v) is 4.84. The van der Waals surface area contributed by atoms with Crippen molar-refractivity contribution in [3.8, 4) is 16.9 Å². The van der Waals surface area contributed by atoms with Crippen LogP contribution in [0.1, 0.15) is 23.6 Å². The molecule has 0 aliphatic carbocycles. The van der Waals surface area contributed by atoms with E-state index < -0.39 is 6.09 Å². The molecule has 7 heteroatoms. The number of carbonyl (C=O) groups is 2. The molecule has 28 heavy (non-hydrogen) atoms. The average molecular weight is 387 g/mol. The van der Waals surface area contributed by atoms with Gasteiger partial charge in [-0.05, 0) is 47.7 Å². The van der Waals surface area contributed by atoms with E-state index in [1.165, 1.54) is 18.1 Å². The number of benzene rings is 2. The quantitative estimate of drug-likeness (QED) is 0.793. The van der Waals surface area contributed by atoms with Crippen LogP contribution in [0.5, 0.6) is 5.75 Å². The Labute approximate surface area is 162 Å². The van der Waals surface area contributed by atoms with Gasteiger partial charge in [0.05, 0.1) is 20.1 Å². The third kappa shape index (κ3) is 3.93. The van der Waals surface area contributed by atoms with Gasteiger partial charge in [-0.2, -0.15) is 0 Å². The second kappa shape index (κ2) is 8.29. The lowest BCUT2D eigenvalue weighted by Crippen LogP contribution is -2.35. The largest absolute Gasteiger partial charge is 0.496 e. The second-order valence-electron chi connectivity index (χ2n) is 6.52. The summed E-state index contributed by atoms with van der Waals surface area (Å²) in [6.07, 6.45) is -0.582. The van der Waals surface area contributed by atoms with Gasteiger partial charge in [0.2, 0.25) is 0 Å². The highest BCUT2D eigenvalue weighted by Crippen LogP contribution is 2.37. The number of esters is 1. The van der Waals surface area contributed by atoms with Crippen molar-refractivity contribution in [2.45, 2.75) is 26.3 Å². The Hall–Kier alpha value is -3.09. The molecule has 1 N–H and O–H groups in total. The Balaban J connectivity index is 2.02. The van der Waals surface area contributed by atoms with Crippen molar-refractivity contribution < 1.29 is 28.6 Å². The number of methoxy groups -OCH3 is 1. The van der Waals surface area contributed by atoms with Crippen LogP contribution in [0, 0.1) is 5.82 Å². The fourth-order valence-corrected chi connectivity index (χ4v) is 3.49. The molecule has 0 bridgehead atoms. The van der Waals surface area contributed by atoms with Crippen molar-refractivity contribution >= 4 is 12.1 Å². The van der Waals surface area contributed by atoms with Gasteiger partial charge in [0.1, 0.15) is 11.6 Å². The Bertz CT molecular complexity index is 912. The van der Waals surface area contributed by atoms with E-state index in [9.17, 15) is 19.1 Å².